The first-order valence-electron chi connectivity index (χ1n) is 7.36. The number of hydrogen-bond acceptors (Lipinski definition) is 6. The zero-order valence-corrected chi connectivity index (χ0v) is 12.5. The molecule has 7 heteroatoms. The number of ketones is 2. The van der Waals surface area contributed by atoms with Crippen molar-refractivity contribution in [2.24, 2.45) is 0 Å². The van der Waals surface area contributed by atoms with Crippen LogP contribution in [0, 0.1) is 6.92 Å². The minimum absolute atomic E-state index is 0.166. The van der Waals surface area contributed by atoms with Crippen molar-refractivity contribution in [1.29, 1.82) is 0 Å². The third-order valence-electron chi connectivity index (χ3n) is 4.36. The molecule has 0 saturated heterocycles. The maximum absolute atomic E-state index is 13.0. The normalized spacial score (nSPS) is 13.4. The van der Waals surface area contributed by atoms with Crippen LogP contribution in [0.4, 0.5) is 0 Å². The summed E-state index contributed by atoms with van der Waals surface area (Å²) in [6.07, 6.45) is 0. The highest BCUT2D eigenvalue weighted by atomic mass is 16.1. The van der Waals surface area contributed by atoms with Gasteiger partial charge in [-0.2, -0.15) is 4.52 Å². The molecule has 24 heavy (non-hydrogen) atoms. The Morgan fingerprint density at radius 3 is 2.46 bits per heavy atom. The molecule has 1 aliphatic carbocycles. The zero-order chi connectivity index (χ0) is 16.4. The second-order valence-electron chi connectivity index (χ2n) is 5.66. The van der Waals surface area contributed by atoms with Crippen molar-refractivity contribution in [2.75, 3.05) is 0 Å². The number of tetrazole rings is 1. The van der Waals surface area contributed by atoms with E-state index < -0.39 is 0 Å². The highest BCUT2D eigenvalue weighted by Crippen LogP contribution is 2.32. The Labute approximate surface area is 134 Å². The molecule has 0 fully saturated rings. The summed E-state index contributed by atoms with van der Waals surface area (Å²) < 4.78 is 1.51. The monoisotopic (exact) mass is 315 g/mol. The van der Waals surface area contributed by atoms with Crippen LogP contribution in [0.15, 0.2) is 36.4 Å². The molecule has 7 nitrogen and oxygen atoms in total. The quantitative estimate of drug-likeness (QED) is 0.432. The lowest BCUT2D eigenvalue weighted by Gasteiger charge is -2.18. The zero-order valence-electron chi connectivity index (χ0n) is 12.5. The van der Waals surface area contributed by atoms with Gasteiger partial charge in [0.1, 0.15) is 5.82 Å². The van der Waals surface area contributed by atoms with E-state index in [1.54, 1.807) is 43.3 Å². The fraction of sp³-hybridized carbons (Fsp3) is 0.0588. The summed E-state index contributed by atoms with van der Waals surface area (Å²) in [6, 6.07) is 10.2. The Balaban J connectivity index is 1.96. The van der Waals surface area contributed by atoms with E-state index in [9.17, 15) is 9.59 Å². The van der Waals surface area contributed by atoms with E-state index >= 15 is 0 Å². The molecule has 114 valence electrons. The molecular formula is C17H9N5O2. The molecule has 2 heterocycles. The molecule has 0 bridgehead atoms. The van der Waals surface area contributed by atoms with E-state index in [0.717, 1.165) is 0 Å². The number of nitrogens with zero attached hydrogens (tertiary/aromatic N) is 5. The Bertz CT molecular complexity index is 1210. The summed E-state index contributed by atoms with van der Waals surface area (Å²) in [5.74, 6) is 0.186. The third kappa shape index (κ3) is 1.45. The van der Waals surface area contributed by atoms with E-state index in [1.807, 2.05) is 0 Å². The van der Waals surface area contributed by atoms with Gasteiger partial charge in [0.2, 0.25) is 0 Å². The summed E-state index contributed by atoms with van der Waals surface area (Å²) in [5, 5.41) is 12.2. The van der Waals surface area contributed by atoms with E-state index in [2.05, 4.69) is 20.5 Å². The van der Waals surface area contributed by atoms with Crippen molar-refractivity contribution in [3.63, 3.8) is 0 Å². The molecular weight excluding hydrogens is 306 g/mol. The van der Waals surface area contributed by atoms with Crippen LogP contribution in [0.2, 0.25) is 0 Å². The first-order chi connectivity index (χ1) is 11.7. The highest BCUT2D eigenvalue weighted by molar-refractivity contribution is 6.32. The number of aryl methyl sites for hydroxylation is 1. The molecule has 0 radical (unpaired) electrons. The molecule has 1 aliphatic rings. The average Bonchev–Trinajstić information content (AvgIpc) is 3.10. The molecule has 0 amide bonds. The van der Waals surface area contributed by atoms with Crippen LogP contribution in [0.3, 0.4) is 0 Å². The van der Waals surface area contributed by atoms with E-state index in [-0.39, 0.29) is 11.6 Å². The number of fused-ring (bicyclic) bond motifs is 6. The number of rotatable bonds is 0. The Hall–Kier alpha value is -3.48. The summed E-state index contributed by atoms with van der Waals surface area (Å²) >= 11 is 0. The number of aromatic nitrogens is 5. The van der Waals surface area contributed by atoms with Gasteiger partial charge in [0.15, 0.2) is 17.2 Å². The second kappa shape index (κ2) is 4.29. The van der Waals surface area contributed by atoms with Gasteiger partial charge in [-0.15, -0.1) is 5.10 Å². The van der Waals surface area contributed by atoms with Crippen LogP contribution in [-0.4, -0.2) is 36.6 Å². The number of hydrogen-bond donors (Lipinski definition) is 0. The van der Waals surface area contributed by atoms with Crippen LogP contribution >= 0.6 is 0 Å². The molecule has 0 N–H and O–H groups in total. The molecule has 0 spiro atoms. The molecule has 5 rings (SSSR count). The van der Waals surface area contributed by atoms with Gasteiger partial charge in [-0.05, 0) is 29.5 Å². The van der Waals surface area contributed by atoms with Gasteiger partial charge in [0.05, 0.1) is 11.1 Å². The molecule has 0 atom stereocenters. The molecule has 0 aliphatic heterocycles. The smallest absolute Gasteiger partial charge is 0.196 e. The minimum atomic E-state index is -0.200. The van der Waals surface area contributed by atoms with Crippen molar-refractivity contribution in [2.45, 2.75) is 6.92 Å². The summed E-state index contributed by atoms with van der Waals surface area (Å²) in [5.41, 5.74) is 2.50. The summed E-state index contributed by atoms with van der Waals surface area (Å²) in [6.45, 7) is 1.76. The number of benzene rings is 2. The Morgan fingerprint density at radius 1 is 0.917 bits per heavy atom. The van der Waals surface area contributed by atoms with Gasteiger partial charge in [-0.25, -0.2) is 4.98 Å². The van der Waals surface area contributed by atoms with Crippen molar-refractivity contribution in [1.82, 2.24) is 25.0 Å². The van der Waals surface area contributed by atoms with Crippen molar-refractivity contribution in [3.05, 3.63) is 64.5 Å². The van der Waals surface area contributed by atoms with Crippen molar-refractivity contribution >= 4 is 28.1 Å². The molecule has 0 saturated carbocycles. The fourth-order valence-electron chi connectivity index (χ4n) is 3.25. The first-order valence-corrected chi connectivity index (χ1v) is 7.36. The van der Waals surface area contributed by atoms with Crippen LogP contribution in [0.5, 0.6) is 0 Å². The van der Waals surface area contributed by atoms with E-state index in [4.69, 9.17) is 0 Å². The predicted octanol–water partition coefficient (Wildman–Crippen LogP) is 1.76. The van der Waals surface area contributed by atoms with Crippen molar-refractivity contribution < 1.29 is 9.59 Å². The van der Waals surface area contributed by atoms with Crippen molar-refractivity contribution in [3.8, 4) is 0 Å². The second-order valence-corrected chi connectivity index (χ2v) is 5.66. The Morgan fingerprint density at radius 2 is 1.67 bits per heavy atom. The lowest BCUT2D eigenvalue weighted by atomic mass is 9.83. The predicted molar refractivity (Wildman–Crippen MR) is 84.1 cm³/mol. The summed E-state index contributed by atoms with van der Waals surface area (Å²) in [7, 11) is 0. The van der Waals surface area contributed by atoms with Crippen LogP contribution in [0.25, 0.3) is 16.6 Å². The van der Waals surface area contributed by atoms with Gasteiger partial charge in [-0.1, -0.05) is 24.3 Å². The fourth-order valence-corrected chi connectivity index (χ4v) is 3.25. The van der Waals surface area contributed by atoms with Gasteiger partial charge in [0, 0.05) is 22.1 Å². The molecule has 4 aromatic rings. The maximum Gasteiger partial charge on any atom is 0.196 e. The third-order valence-corrected chi connectivity index (χ3v) is 4.36. The number of carbonyl (C=O) groups is 2. The van der Waals surface area contributed by atoms with E-state index in [0.29, 0.717) is 44.6 Å². The van der Waals surface area contributed by atoms with Crippen LogP contribution in [0.1, 0.15) is 37.7 Å². The highest BCUT2D eigenvalue weighted by Gasteiger charge is 2.32. The van der Waals surface area contributed by atoms with Gasteiger partial charge < -0.3 is 0 Å². The topological polar surface area (TPSA) is 90.1 Å². The standard InChI is InChI=1S/C17H9N5O2/c1-8-18-14-12(17-19-20-21-22(8)17)7-6-11-13(14)16(24)10-5-3-2-4-9(10)15(11)23/h2-7H,1H3. The van der Waals surface area contributed by atoms with Gasteiger partial charge >= 0.3 is 0 Å². The Kier molecular flexibility index (Phi) is 2.32. The van der Waals surface area contributed by atoms with Gasteiger partial charge in [-0.3, -0.25) is 9.59 Å². The number of carbonyl (C=O) groups excluding carboxylic acids is 2. The minimum Gasteiger partial charge on any atom is -0.289 e. The summed E-state index contributed by atoms with van der Waals surface area (Å²) in [4.78, 5) is 30.3. The van der Waals surface area contributed by atoms with Gasteiger partial charge in [0.25, 0.3) is 0 Å². The molecule has 2 aromatic carbocycles. The first kappa shape index (κ1) is 13.0. The largest absolute Gasteiger partial charge is 0.289 e. The maximum atomic E-state index is 13.0. The molecule has 2 aromatic heterocycles. The molecule has 0 unspecified atom stereocenters. The SMILES string of the molecule is Cc1nc2c3c(ccc2c2nnnn12)C(=O)c1ccccc1C3=O. The van der Waals surface area contributed by atoms with Crippen LogP contribution < -0.4 is 0 Å². The average molecular weight is 315 g/mol. The lowest BCUT2D eigenvalue weighted by Crippen LogP contribution is -2.21. The van der Waals surface area contributed by atoms with Crippen LogP contribution in [-0.2, 0) is 0 Å². The lowest BCUT2D eigenvalue weighted by molar-refractivity contribution is 0.0980. The van der Waals surface area contributed by atoms with E-state index in [1.165, 1.54) is 4.52 Å².